The van der Waals surface area contributed by atoms with Gasteiger partial charge >= 0.3 is 0 Å². The molecule has 1 aromatic carbocycles. The van der Waals surface area contributed by atoms with Gasteiger partial charge in [-0.3, -0.25) is 0 Å². The molecule has 0 radical (unpaired) electrons. The van der Waals surface area contributed by atoms with Gasteiger partial charge in [0.15, 0.2) is 9.84 Å². The highest BCUT2D eigenvalue weighted by atomic mass is 32.2. The first kappa shape index (κ1) is 10.2. The van der Waals surface area contributed by atoms with Crippen molar-refractivity contribution in [3.63, 3.8) is 0 Å². The molecule has 2 rings (SSSR count). The summed E-state index contributed by atoms with van der Waals surface area (Å²) < 4.78 is 24.2. The van der Waals surface area contributed by atoms with Crippen LogP contribution in [-0.4, -0.2) is 26.0 Å². The molecule has 1 atom stereocenters. The Hall–Kier alpha value is -1.36. The third kappa shape index (κ3) is 1.74. The minimum atomic E-state index is -3.34. The predicted octanol–water partition coefficient (Wildman–Crippen LogP) is 1.24. The zero-order valence-corrected chi connectivity index (χ0v) is 9.07. The van der Waals surface area contributed by atoms with Crippen molar-refractivity contribution in [2.75, 3.05) is 6.61 Å². The molecule has 80 valence electrons. The van der Waals surface area contributed by atoms with Crippen LogP contribution in [0.3, 0.4) is 0 Å². The maximum Gasteiger partial charge on any atom is 0.190 e. The highest BCUT2D eigenvalue weighted by Crippen LogP contribution is 2.20. The van der Waals surface area contributed by atoms with Crippen LogP contribution in [0.2, 0.25) is 0 Å². The van der Waals surface area contributed by atoms with Crippen molar-refractivity contribution in [2.45, 2.75) is 17.1 Å². The topological polar surface area (TPSA) is 55.7 Å². The van der Waals surface area contributed by atoms with Gasteiger partial charge in [-0.25, -0.2) is 8.42 Å². The first-order valence-corrected chi connectivity index (χ1v) is 6.12. The molecule has 0 saturated heterocycles. The van der Waals surface area contributed by atoms with Crippen molar-refractivity contribution in [1.82, 2.24) is 0 Å². The van der Waals surface area contributed by atoms with E-state index in [2.05, 4.69) is 5.16 Å². The van der Waals surface area contributed by atoms with Gasteiger partial charge in [0, 0.05) is 0 Å². The number of sulfone groups is 1. The third-order valence-electron chi connectivity index (χ3n) is 2.35. The molecule has 0 aliphatic carbocycles. The molecule has 0 fully saturated rings. The zero-order valence-electron chi connectivity index (χ0n) is 8.25. The third-order valence-corrected chi connectivity index (χ3v) is 4.50. The van der Waals surface area contributed by atoms with Gasteiger partial charge in [0.1, 0.15) is 11.9 Å². The first-order chi connectivity index (χ1) is 7.12. The predicted molar refractivity (Wildman–Crippen MR) is 56.5 cm³/mol. The van der Waals surface area contributed by atoms with Crippen LogP contribution in [0.1, 0.15) is 6.92 Å². The Balaban J connectivity index is 2.41. The van der Waals surface area contributed by atoms with Crippen LogP contribution in [0.15, 0.2) is 40.4 Å². The van der Waals surface area contributed by atoms with Gasteiger partial charge in [0.05, 0.1) is 10.6 Å². The van der Waals surface area contributed by atoms with Crippen LogP contribution < -0.4 is 0 Å². The normalized spacial score (nSPS) is 20.9. The zero-order chi connectivity index (χ0) is 10.9. The lowest BCUT2D eigenvalue weighted by Crippen LogP contribution is -2.28. The molecule has 0 aromatic heterocycles. The van der Waals surface area contributed by atoms with Gasteiger partial charge in [-0.15, -0.1) is 0 Å². The highest BCUT2D eigenvalue weighted by Gasteiger charge is 2.34. The monoisotopic (exact) mass is 225 g/mol. The SMILES string of the molecule is CC1=NOCC1S(=O)(=O)c1ccccc1. The Morgan fingerprint density at radius 2 is 2.00 bits per heavy atom. The average Bonchev–Trinajstić information content (AvgIpc) is 2.66. The van der Waals surface area contributed by atoms with Gasteiger partial charge in [0.25, 0.3) is 0 Å². The highest BCUT2D eigenvalue weighted by molar-refractivity contribution is 7.92. The van der Waals surface area contributed by atoms with Crippen molar-refractivity contribution < 1.29 is 13.3 Å². The fraction of sp³-hybridized carbons (Fsp3) is 0.300. The van der Waals surface area contributed by atoms with Crippen molar-refractivity contribution in [2.24, 2.45) is 5.16 Å². The van der Waals surface area contributed by atoms with E-state index in [1.54, 1.807) is 37.3 Å². The molecule has 1 heterocycles. The van der Waals surface area contributed by atoms with Gasteiger partial charge in [-0.1, -0.05) is 23.4 Å². The number of oxime groups is 1. The first-order valence-electron chi connectivity index (χ1n) is 4.58. The van der Waals surface area contributed by atoms with Crippen LogP contribution in [-0.2, 0) is 14.7 Å². The Morgan fingerprint density at radius 1 is 1.33 bits per heavy atom. The van der Waals surface area contributed by atoms with E-state index < -0.39 is 15.1 Å². The van der Waals surface area contributed by atoms with E-state index in [9.17, 15) is 8.42 Å². The average molecular weight is 225 g/mol. The molecule has 0 N–H and O–H groups in total. The second-order valence-corrected chi connectivity index (χ2v) is 5.51. The smallest absolute Gasteiger partial charge is 0.190 e. The molecule has 5 heteroatoms. The summed E-state index contributed by atoms with van der Waals surface area (Å²) in [6.45, 7) is 1.78. The van der Waals surface area contributed by atoms with E-state index in [0.717, 1.165) is 0 Å². The Bertz CT molecular complexity index is 479. The summed E-state index contributed by atoms with van der Waals surface area (Å²) in [5, 5.41) is 3.01. The van der Waals surface area contributed by atoms with E-state index in [1.165, 1.54) is 0 Å². The summed E-state index contributed by atoms with van der Waals surface area (Å²) in [5.74, 6) is 0. The fourth-order valence-electron chi connectivity index (χ4n) is 1.47. The summed E-state index contributed by atoms with van der Waals surface area (Å²) in [4.78, 5) is 5.10. The molecule has 15 heavy (non-hydrogen) atoms. The second kappa shape index (κ2) is 3.66. The van der Waals surface area contributed by atoms with Gasteiger partial charge in [-0.2, -0.15) is 0 Å². The van der Waals surface area contributed by atoms with Crippen molar-refractivity contribution in [3.8, 4) is 0 Å². The van der Waals surface area contributed by atoms with E-state index in [4.69, 9.17) is 4.84 Å². The molecule has 0 saturated carbocycles. The van der Waals surface area contributed by atoms with Gasteiger partial charge < -0.3 is 4.84 Å². The number of hydrogen-bond donors (Lipinski definition) is 0. The van der Waals surface area contributed by atoms with Crippen LogP contribution >= 0.6 is 0 Å². The molecule has 0 amide bonds. The van der Waals surface area contributed by atoms with E-state index in [0.29, 0.717) is 10.6 Å². The van der Waals surface area contributed by atoms with E-state index in [1.807, 2.05) is 0 Å². The molecular weight excluding hydrogens is 214 g/mol. The summed E-state index contributed by atoms with van der Waals surface area (Å²) in [5.41, 5.74) is 0.513. The molecular formula is C10H11NO3S. The largest absolute Gasteiger partial charge is 0.394 e. The lowest BCUT2D eigenvalue weighted by atomic mass is 10.3. The Labute approximate surface area is 88.5 Å². The minimum Gasteiger partial charge on any atom is -0.394 e. The maximum absolute atomic E-state index is 12.1. The van der Waals surface area contributed by atoms with Crippen molar-refractivity contribution in [3.05, 3.63) is 30.3 Å². The summed E-state index contributed by atoms with van der Waals surface area (Å²) in [6, 6.07) is 8.36. The molecule has 1 unspecified atom stereocenters. The van der Waals surface area contributed by atoms with E-state index >= 15 is 0 Å². The van der Waals surface area contributed by atoms with Crippen LogP contribution in [0, 0.1) is 0 Å². The molecule has 1 aliphatic heterocycles. The lowest BCUT2D eigenvalue weighted by Gasteiger charge is -2.09. The summed E-state index contributed by atoms with van der Waals surface area (Å²) in [7, 11) is -3.34. The number of hydrogen-bond acceptors (Lipinski definition) is 4. The number of benzene rings is 1. The molecule has 0 spiro atoms. The maximum atomic E-state index is 12.1. The van der Waals surface area contributed by atoms with Gasteiger partial charge in [0.2, 0.25) is 0 Å². The van der Waals surface area contributed by atoms with Crippen LogP contribution in [0.4, 0.5) is 0 Å². The van der Waals surface area contributed by atoms with Crippen molar-refractivity contribution >= 4 is 15.5 Å². The molecule has 1 aliphatic rings. The molecule has 4 nitrogen and oxygen atoms in total. The number of nitrogens with zero attached hydrogens (tertiary/aromatic N) is 1. The Kier molecular flexibility index (Phi) is 2.48. The second-order valence-electron chi connectivity index (χ2n) is 3.38. The standard InChI is InChI=1S/C10H11NO3S/c1-8-10(7-14-11-8)15(12,13)9-5-3-2-4-6-9/h2-6,10H,7H2,1H3. The van der Waals surface area contributed by atoms with Crippen molar-refractivity contribution in [1.29, 1.82) is 0 Å². The Morgan fingerprint density at radius 3 is 2.53 bits per heavy atom. The minimum absolute atomic E-state index is 0.114. The fourth-order valence-corrected chi connectivity index (χ4v) is 3.07. The lowest BCUT2D eigenvalue weighted by molar-refractivity contribution is 0.174. The quantitative estimate of drug-likeness (QED) is 0.760. The molecule has 1 aromatic rings. The summed E-state index contributed by atoms with van der Waals surface area (Å²) in [6.07, 6.45) is 0. The molecule has 0 bridgehead atoms. The van der Waals surface area contributed by atoms with E-state index in [-0.39, 0.29) is 6.61 Å². The summed E-state index contributed by atoms with van der Waals surface area (Å²) >= 11 is 0. The van der Waals surface area contributed by atoms with Crippen LogP contribution in [0.25, 0.3) is 0 Å². The van der Waals surface area contributed by atoms with Gasteiger partial charge in [-0.05, 0) is 19.1 Å². The number of rotatable bonds is 2. The van der Waals surface area contributed by atoms with Crippen LogP contribution in [0.5, 0.6) is 0 Å².